The second-order valence-electron chi connectivity index (χ2n) is 13.9. The first-order valence-electron chi connectivity index (χ1n) is 17.8. The fraction of sp³-hybridized carbons (Fsp3) is 0.341. The minimum Gasteiger partial charge on any atom is -0.496 e. The number of halogens is 1. The standard InChI is InChI=1S/C41H42FN5O5/c1-46-24-35(32-21-43-22-33(32)41(46)51)30-19-36(42)34(37(20-30)52-2)23-44-31-10-5-26(6-11-31)18-39(49)47-15-13-28(14-16-47)27-7-3-25(4-8-27)17-29-9-12-38(48)45-40(29)50/h3-8,10-11,19-21,24,28-29,44H,9,12-18,22-23H2,1-2H3,(H,45,48,50). The first-order chi connectivity index (χ1) is 25.2. The number of piperidine rings is 2. The number of carbonyl (C=O) groups is 3. The molecule has 3 aromatic carbocycles. The molecule has 3 amide bonds. The van der Waals surface area contributed by atoms with Crippen molar-refractivity contribution in [2.24, 2.45) is 18.0 Å². The van der Waals surface area contributed by atoms with Crippen LogP contribution in [0.15, 0.2) is 76.6 Å². The molecule has 2 saturated heterocycles. The first kappa shape index (κ1) is 34.9. The normalized spacial score (nSPS) is 17.2. The average Bonchev–Trinajstić information content (AvgIpc) is 3.65. The number of rotatable bonds is 10. The number of anilines is 1. The van der Waals surface area contributed by atoms with Crippen LogP contribution in [0, 0.1) is 11.7 Å². The maximum atomic E-state index is 15.6. The first-order valence-corrected chi connectivity index (χ1v) is 17.8. The molecule has 0 radical (unpaired) electrons. The number of hydrogen-bond donors (Lipinski definition) is 2. The Labute approximate surface area is 301 Å². The fourth-order valence-electron chi connectivity index (χ4n) is 7.51. The number of aliphatic imine (C=N–C) groups is 1. The summed E-state index contributed by atoms with van der Waals surface area (Å²) in [4.78, 5) is 55.5. The number of aromatic nitrogens is 1. The van der Waals surface area contributed by atoms with Gasteiger partial charge in [0.05, 0.1) is 20.1 Å². The van der Waals surface area contributed by atoms with Gasteiger partial charge in [-0.15, -0.1) is 0 Å². The van der Waals surface area contributed by atoms with Gasteiger partial charge in [-0.05, 0) is 78.1 Å². The van der Waals surface area contributed by atoms with Crippen molar-refractivity contribution in [1.29, 1.82) is 0 Å². The third kappa shape index (κ3) is 7.39. The van der Waals surface area contributed by atoms with Gasteiger partial charge < -0.3 is 19.5 Å². The van der Waals surface area contributed by atoms with Crippen LogP contribution in [-0.2, 0) is 47.4 Å². The summed E-state index contributed by atoms with van der Waals surface area (Å²) in [6.45, 7) is 1.91. The average molecular weight is 704 g/mol. The molecule has 1 unspecified atom stereocenters. The number of fused-ring (bicyclic) bond motifs is 1. The van der Waals surface area contributed by atoms with E-state index < -0.39 is 5.82 Å². The van der Waals surface area contributed by atoms with Crippen LogP contribution in [0.1, 0.15) is 65.0 Å². The second kappa shape index (κ2) is 15.0. The lowest BCUT2D eigenvalue weighted by Crippen LogP contribution is -2.41. The van der Waals surface area contributed by atoms with Crippen LogP contribution < -0.4 is 20.9 Å². The zero-order chi connectivity index (χ0) is 36.4. The second-order valence-corrected chi connectivity index (χ2v) is 13.9. The van der Waals surface area contributed by atoms with E-state index in [1.54, 1.807) is 25.5 Å². The number of imide groups is 1. The highest BCUT2D eigenvalue weighted by molar-refractivity contribution is 5.98. The van der Waals surface area contributed by atoms with Crippen LogP contribution in [0.2, 0.25) is 0 Å². The van der Waals surface area contributed by atoms with Crippen LogP contribution in [-0.4, -0.2) is 53.6 Å². The number of nitrogens with one attached hydrogen (secondary N) is 2. The van der Waals surface area contributed by atoms with E-state index in [0.29, 0.717) is 79.2 Å². The number of carbonyl (C=O) groups excluding carboxylic acids is 3. The molecule has 52 heavy (non-hydrogen) atoms. The highest BCUT2D eigenvalue weighted by atomic mass is 19.1. The number of ether oxygens (including phenoxy) is 1. The van der Waals surface area contributed by atoms with E-state index >= 15 is 4.39 Å². The number of aryl methyl sites for hydroxylation is 1. The van der Waals surface area contributed by atoms with Gasteiger partial charge in [0.25, 0.3) is 5.56 Å². The van der Waals surface area contributed by atoms with Gasteiger partial charge in [0.2, 0.25) is 17.7 Å². The van der Waals surface area contributed by atoms with Gasteiger partial charge in [-0.1, -0.05) is 36.4 Å². The molecule has 0 aliphatic carbocycles. The number of hydrogen-bond acceptors (Lipinski definition) is 7. The number of likely N-dealkylation sites (tertiary alicyclic amines) is 1. The maximum absolute atomic E-state index is 15.6. The maximum Gasteiger partial charge on any atom is 0.256 e. The lowest BCUT2D eigenvalue weighted by atomic mass is 9.87. The quantitative estimate of drug-likeness (QED) is 0.217. The summed E-state index contributed by atoms with van der Waals surface area (Å²) in [5, 5.41) is 5.71. The van der Waals surface area contributed by atoms with E-state index in [9.17, 15) is 19.2 Å². The van der Waals surface area contributed by atoms with Gasteiger partial charge in [-0.3, -0.25) is 29.5 Å². The van der Waals surface area contributed by atoms with Crippen LogP contribution >= 0.6 is 0 Å². The Kier molecular flexibility index (Phi) is 10.0. The minimum atomic E-state index is -0.424. The van der Waals surface area contributed by atoms with Crippen molar-refractivity contribution < 1.29 is 23.5 Å². The van der Waals surface area contributed by atoms with Crippen molar-refractivity contribution >= 4 is 29.6 Å². The molecule has 4 heterocycles. The molecule has 268 valence electrons. The van der Waals surface area contributed by atoms with Crippen molar-refractivity contribution in [2.75, 3.05) is 25.5 Å². The Morgan fingerprint density at radius 1 is 1.00 bits per heavy atom. The molecule has 3 aliphatic rings. The van der Waals surface area contributed by atoms with E-state index in [-0.39, 0.29) is 35.7 Å². The van der Waals surface area contributed by atoms with Crippen molar-refractivity contribution in [3.05, 3.63) is 116 Å². The Bertz CT molecular complexity index is 2100. The highest BCUT2D eigenvalue weighted by Crippen LogP contribution is 2.34. The summed E-state index contributed by atoms with van der Waals surface area (Å²) in [6, 6.07) is 19.3. The van der Waals surface area contributed by atoms with Gasteiger partial charge in [0.15, 0.2) is 0 Å². The highest BCUT2D eigenvalue weighted by Gasteiger charge is 2.28. The van der Waals surface area contributed by atoms with Gasteiger partial charge in [0.1, 0.15) is 11.6 Å². The summed E-state index contributed by atoms with van der Waals surface area (Å²) in [5.41, 5.74) is 6.95. The van der Waals surface area contributed by atoms with Crippen molar-refractivity contribution in [3.63, 3.8) is 0 Å². The Hall–Kier alpha value is -5.58. The van der Waals surface area contributed by atoms with E-state index in [4.69, 9.17) is 4.74 Å². The molecule has 3 aliphatic heterocycles. The number of amides is 3. The molecule has 0 bridgehead atoms. The van der Waals surface area contributed by atoms with Crippen LogP contribution in [0.3, 0.4) is 0 Å². The van der Waals surface area contributed by atoms with Gasteiger partial charge >= 0.3 is 0 Å². The summed E-state index contributed by atoms with van der Waals surface area (Å²) >= 11 is 0. The summed E-state index contributed by atoms with van der Waals surface area (Å²) in [7, 11) is 3.19. The molecule has 1 aromatic heterocycles. The summed E-state index contributed by atoms with van der Waals surface area (Å²) < 4.78 is 22.6. The largest absolute Gasteiger partial charge is 0.496 e. The van der Waals surface area contributed by atoms with E-state index in [0.717, 1.165) is 35.2 Å². The smallest absolute Gasteiger partial charge is 0.256 e. The monoisotopic (exact) mass is 703 g/mol. The molecule has 10 nitrogen and oxygen atoms in total. The SMILES string of the molecule is COc1cc(-c2cn(C)c(=O)c3c2C=NC3)cc(F)c1CNc1ccc(CC(=O)N2CCC(c3ccc(CC4CCC(=O)NC4=O)cc3)CC2)cc1. The Balaban J connectivity index is 0.907. The molecular formula is C41H42FN5O5. The molecule has 0 spiro atoms. The molecule has 2 fully saturated rings. The predicted molar refractivity (Wildman–Crippen MR) is 197 cm³/mol. The van der Waals surface area contributed by atoms with Crippen molar-refractivity contribution in [2.45, 2.75) is 57.5 Å². The zero-order valence-corrected chi connectivity index (χ0v) is 29.4. The van der Waals surface area contributed by atoms with Crippen LogP contribution in [0.5, 0.6) is 5.75 Å². The Morgan fingerprint density at radius 2 is 1.73 bits per heavy atom. The van der Waals surface area contributed by atoms with Crippen molar-refractivity contribution in [3.8, 4) is 16.9 Å². The van der Waals surface area contributed by atoms with E-state index in [1.807, 2.05) is 29.2 Å². The number of methoxy groups -OCH3 is 1. The Morgan fingerprint density at radius 3 is 2.44 bits per heavy atom. The lowest BCUT2D eigenvalue weighted by Gasteiger charge is -2.32. The lowest BCUT2D eigenvalue weighted by molar-refractivity contribution is -0.136. The molecule has 7 rings (SSSR count). The number of benzene rings is 3. The van der Waals surface area contributed by atoms with Crippen molar-refractivity contribution in [1.82, 2.24) is 14.8 Å². The fourth-order valence-corrected chi connectivity index (χ4v) is 7.51. The minimum absolute atomic E-state index is 0.0982. The van der Waals surface area contributed by atoms with Gasteiger partial charge in [-0.2, -0.15) is 0 Å². The number of pyridine rings is 1. The van der Waals surface area contributed by atoms with Gasteiger partial charge in [0, 0.05) is 79.4 Å². The van der Waals surface area contributed by atoms with Crippen LogP contribution in [0.25, 0.3) is 11.1 Å². The molecule has 11 heteroatoms. The molecule has 0 saturated carbocycles. The summed E-state index contributed by atoms with van der Waals surface area (Å²) in [5.74, 6) is -0.0909. The molecular weight excluding hydrogens is 661 g/mol. The topological polar surface area (TPSA) is 122 Å². The van der Waals surface area contributed by atoms with Gasteiger partial charge in [-0.25, -0.2) is 4.39 Å². The molecule has 2 N–H and O–H groups in total. The molecule has 1 atom stereocenters. The third-order valence-corrected chi connectivity index (χ3v) is 10.6. The third-order valence-electron chi connectivity index (χ3n) is 10.6. The zero-order valence-electron chi connectivity index (χ0n) is 29.4. The molecule has 4 aromatic rings. The summed E-state index contributed by atoms with van der Waals surface area (Å²) in [6.07, 6.45) is 7.08. The number of nitrogens with zero attached hydrogens (tertiary/aromatic N) is 3. The van der Waals surface area contributed by atoms with Crippen LogP contribution in [0.4, 0.5) is 10.1 Å². The van der Waals surface area contributed by atoms with E-state index in [1.165, 1.54) is 23.3 Å². The predicted octanol–water partition coefficient (Wildman–Crippen LogP) is 5.29. The van der Waals surface area contributed by atoms with E-state index in [2.05, 4.69) is 39.9 Å².